The van der Waals surface area contributed by atoms with Crippen molar-refractivity contribution in [2.24, 2.45) is 0 Å². The molecule has 0 spiro atoms. The van der Waals surface area contributed by atoms with Gasteiger partial charge in [-0.2, -0.15) is 5.10 Å². The number of aromatic nitrogens is 2. The van der Waals surface area contributed by atoms with Gasteiger partial charge in [0.25, 0.3) is 0 Å². The van der Waals surface area contributed by atoms with Gasteiger partial charge in [0.05, 0.1) is 21.4 Å². The Balaban J connectivity index is 1.89. The molecule has 3 nitrogen and oxygen atoms in total. The van der Waals surface area contributed by atoms with Crippen molar-refractivity contribution in [3.63, 3.8) is 0 Å². The molecule has 0 fully saturated rings. The van der Waals surface area contributed by atoms with E-state index >= 15 is 0 Å². The number of nitrogen functional groups attached to an aromatic ring is 1. The number of rotatable bonds is 3. The molecular weight excluding hydrogens is 358 g/mol. The summed E-state index contributed by atoms with van der Waals surface area (Å²) in [6.07, 6.45) is 1.85. The average molecular weight is 369 g/mol. The summed E-state index contributed by atoms with van der Waals surface area (Å²) in [5.41, 5.74) is 8.66. The summed E-state index contributed by atoms with van der Waals surface area (Å²) in [4.78, 5) is 0.987. The zero-order chi connectivity index (χ0) is 14.1. The Bertz CT molecular complexity index is 750. The lowest BCUT2D eigenvalue weighted by Gasteiger charge is -2.02. The molecule has 0 amide bonds. The summed E-state index contributed by atoms with van der Waals surface area (Å²) in [6, 6.07) is 11.9. The number of thiophene rings is 1. The minimum Gasteiger partial charge on any atom is -0.396 e. The minimum atomic E-state index is 0.665. The molecule has 0 aliphatic rings. The van der Waals surface area contributed by atoms with Gasteiger partial charge in [-0.25, -0.2) is 0 Å². The Hall–Kier alpha value is -1.30. The van der Waals surface area contributed by atoms with Crippen LogP contribution in [0.15, 0.2) is 47.1 Å². The van der Waals surface area contributed by atoms with Crippen molar-refractivity contribution in [2.45, 2.75) is 6.54 Å². The predicted octanol–water partition coefficient (Wildman–Crippen LogP) is 4.66. The lowest BCUT2D eigenvalue weighted by Crippen LogP contribution is -2.00. The molecule has 2 heterocycles. The first-order chi connectivity index (χ1) is 9.61. The first-order valence-electron chi connectivity index (χ1n) is 5.95. The van der Waals surface area contributed by atoms with Crippen LogP contribution >= 0.6 is 38.9 Å². The molecule has 3 aromatic rings. The summed E-state index contributed by atoms with van der Waals surface area (Å²) < 4.78 is 3.64. The normalized spacial score (nSPS) is 10.9. The van der Waals surface area contributed by atoms with Crippen LogP contribution in [0.3, 0.4) is 0 Å². The third-order valence-corrected chi connectivity index (χ3v) is 4.56. The Morgan fingerprint density at radius 3 is 2.85 bits per heavy atom. The molecule has 1 aromatic carbocycles. The standard InChI is InChI=1S/C14H11BrClN3S/c15-10-3-1-2-9(6-10)7-19-8-11(17)14(18-19)12-4-5-13(16)20-12/h1-6,8H,7,17H2. The Kier molecular flexibility index (Phi) is 3.83. The van der Waals surface area contributed by atoms with Crippen LogP contribution in [0.25, 0.3) is 10.6 Å². The molecule has 20 heavy (non-hydrogen) atoms. The van der Waals surface area contributed by atoms with Crippen molar-refractivity contribution in [1.29, 1.82) is 0 Å². The maximum absolute atomic E-state index is 6.04. The fraction of sp³-hybridized carbons (Fsp3) is 0.0714. The monoisotopic (exact) mass is 367 g/mol. The van der Waals surface area contributed by atoms with Crippen molar-refractivity contribution in [2.75, 3.05) is 5.73 Å². The highest BCUT2D eigenvalue weighted by atomic mass is 79.9. The van der Waals surface area contributed by atoms with E-state index in [1.807, 2.05) is 35.1 Å². The summed E-state index contributed by atoms with van der Waals surface area (Å²) in [6.45, 7) is 0.683. The van der Waals surface area contributed by atoms with Gasteiger partial charge in [0.1, 0.15) is 5.69 Å². The Labute approximate surface area is 134 Å². The molecule has 0 bridgehead atoms. The highest BCUT2D eigenvalue weighted by molar-refractivity contribution is 9.10. The zero-order valence-electron chi connectivity index (χ0n) is 10.4. The number of anilines is 1. The highest BCUT2D eigenvalue weighted by Crippen LogP contribution is 2.33. The van der Waals surface area contributed by atoms with E-state index in [0.717, 1.165) is 24.9 Å². The summed E-state index contributed by atoms with van der Waals surface area (Å²) in [5.74, 6) is 0. The second kappa shape index (κ2) is 5.60. The first kappa shape index (κ1) is 13.7. The van der Waals surface area contributed by atoms with E-state index in [9.17, 15) is 0 Å². The van der Waals surface area contributed by atoms with Crippen LogP contribution in [-0.4, -0.2) is 9.78 Å². The van der Waals surface area contributed by atoms with Gasteiger partial charge in [0, 0.05) is 10.7 Å². The molecular formula is C14H11BrClN3S. The van der Waals surface area contributed by atoms with Crippen molar-refractivity contribution < 1.29 is 0 Å². The maximum atomic E-state index is 6.04. The summed E-state index contributed by atoms with van der Waals surface area (Å²) >= 11 is 10.9. The predicted molar refractivity (Wildman–Crippen MR) is 88.2 cm³/mol. The molecule has 2 aromatic heterocycles. The molecule has 0 atom stereocenters. The lowest BCUT2D eigenvalue weighted by molar-refractivity contribution is 0.689. The van der Waals surface area contributed by atoms with Gasteiger partial charge < -0.3 is 5.73 Å². The third-order valence-electron chi connectivity index (χ3n) is 2.83. The van der Waals surface area contributed by atoms with Crippen LogP contribution in [0.2, 0.25) is 4.34 Å². The topological polar surface area (TPSA) is 43.8 Å². The maximum Gasteiger partial charge on any atom is 0.125 e. The van der Waals surface area contributed by atoms with Crippen LogP contribution in [-0.2, 0) is 6.54 Å². The van der Waals surface area contributed by atoms with Crippen molar-refractivity contribution >= 4 is 44.6 Å². The van der Waals surface area contributed by atoms with Gasteiger partial charge in [-0.3, -0.25) is 4.68 Å². The lowest BCUT2D eigenvalue weighted by atomic mass is 10.2. The fourth-order valence-electron chi connectivity index (χ4n) is 1.97. The molecule has 2 N–H and O–H groups in total. The highest BCUT2D eigenvalue weighted by Gasteiger charge is 2.11. The van der Waals surface area contributed by atoms with Crippen LogP contribution in [0, 0.1) is 0 Å². The Morgan fingerprint density at radius 1 is 1.30 bits per heavy atom. The zero-order valence-corrected chi connectivity index (χ0v) is 13.5. The number of nitrogens with two attached hydrogens (primary N) is 1. The first-order valence-corrected chi connectivity index (χ1v) is 7.93. The van der Waals surface area contributed by atoms with E-state index in [2.05, 4.69) is 33.2 Å². The van der Waals surface area contributed by atoms with Crippen molar-refractivity contribution in [1.82, 2.24) is 9.78 Å². The SMILES string of the molecule is Nc1cn(Cc2cccc(Br)c2)nc1-c1ccc(Cl)s1. The second-order valence-corrected chi connectivity index (χ2v) is 7.00. The molecule has 0 aliphatic carbocycles. The largest absolute Gasteiger partial charge is 0.396 e. The number of hydrogen-bond donors (Lipinski definition) is 1. The van der Waals surface area contributed by atoms with Gasteiger partial charge in [-0.05, 0) is 29.8 Å². The molecule has 102 valence electrons. The number of benzene rings is 1. The summed E-state index contributed by atoms with van der Waals surface area (Å²) in [7, 11) is 0. The van der Waals surface area contributed by atoms with Gasteiger partial charge in [-0.1, -0.05) is 39.7 Å². The smallest absolute Gasteiger partial charge is 0.125 e. The van der Waals surface area contributed by atoms with E-state index in [-0.39, 0.29) is 0 Å². The quantitative estimate of drug-likeness (QED) is 0.731. The number of halogens is 2. The van der Waals surface area contributed by atoms with E-state index < -0.39 is 0 Å². The van der Waals surface area contributed by atoms with Crippen molar-refractivity contribution in [3.05, 3.63) is 57.0 Å². The van der Waals surface area contributed by atoms with Gasteiger partial charge >= 0.3 is 0 Å². The Morgan fingerprint density at radius 2 is 2.15 bits per heavy atom. The van der Waals surface area contributed by atoms with E-state index in [0.29, 0.717) is 12.2 Å². The molecule has 0 saturated carbocycles. The van der Waals surface area contributed by atoms with Gasteiger partial charge in [0.2, 0.25) is 0 Å². The van der Waals surface area contributed by atoms with E-state index in [1.54, 1.807) is 0 Å². The third kappa shape index (κ3) is 2.90. The molecule has 3 rings (SSSR count). The molecule has 0 saturated heterocycles. The molecule has 0 aliphatic heterocycles. The van der Waals surface area contributed by atoms with E-state index in [1.165, 1.54) is 11.3 Å². The summed E-state index contributed by atoms with van der Waals surface area (Å²) in [5, 5.41) is 4.55. The minimum absolute atomic E-state index is 0.665. The number of nitrogens with zero attached hydrogens (tertiary/aromatic N) is 2. The molecule has 0 radical (unpaired) electrons. The fourth-order valence-corrected chi connectivity index (χ4v) is 3.47. The van der Waals surface area contributed by atoms with Crippen LogP contribution in [0.5, 0.6) is 0 Å². The van der Waals surface area contributed by atoms with Crippen molar-refractivity contribution in [3.8, 4) is 10.6 Å². The molecule has 6 heteroatoms. The van der Waals surface area contributed by atoms with Gasteiger partial charge in [0.15, 0.2) is 0 Å². The van der Waals surface area contributed by atoms with Crippen LogP contribution in [0.4, 0.5) is 5.69 Å². The van der Waals surface area contributed by atoms with Crippen LogP contribution < -0.4 is 5.73 Å². The van der Waals surface area contributed by atoms with E-state index in [4.69, 9.17) is 17.3 Å². The molecule has 0 unspecified atom stereocenters. The average Bonchev–Trinajstić information content (AvgIpc) is 2.96. The van der Waals surface area contributed by atoms with Crippen LogP contribution in [0.1, 0.15) is 5.56 Å². The van der Waals surface area contributed by atoms with Gasteiger partial charge in [-0.15, -0.1) is 11.3 Å². The second-order valence-electron chi connectivity index (χ2n) is 4.36. The number of hydrogen-bond acceptors (Lipinski definition) is 3.